The van der Waals surface area contributed by atoms with Gasteiger partial charge in [0, 0.05) is 39.1 Å². The lowest BCUT2D eigenvalue weighted by Crippen LogP contribution is -2.59. The number of aliphatic hydroxyl groups excluding tert-OH is 1. The van der Waals surface area contributed by atoms with Crippen molar-refractivity contribution >= 4 is 23.7 Å². The van der Waals surface area contributed by atoms with Crippen LogP contribution in [-0.2, 0) is 33.4 Å². The molecule has 0 unspecified atom stereocenters. The summed E-state index contributed by atoms with van der Waals surface area (Å²) in [6, 6.07) is 7.46. The van der Waals surface area contributed by atoms with Gasteiger partial charge in [-0.3, -0.25) is 24.1 Å². The van der Waals surface area contributed by atoms with Gasteiger partial charge in [0.2, 0.25) is 17.7 Å². The van der Waals surface area contributed by atoms with E-state index in [4.69, 9.17) is 14.2 Å². The van der Waals surface area contributed by atoms with E-state index in [9.17, 15) is 24.3 Å². The number of esters is 1. The highest BCUT2D eigenvalue weighted by Crippen LogP contribution is 2.56. The van der Waals surface area contributed by atoms with Gasteiger partial charge in [0.25, 0.3) is 0 Å². The van der Waals surface area contributed by atoms with Gasteiger partial charge >= 0.3 is 5.97 Å². The molecule has 1 aromatic rings. The van der Waals surface area contributed by atoms with Crippen molar-refractivity contribution in [3.8, 4) is 0 Å². The lowest BCUT2D eigenvalue weighted by Gasteiger charge is -2.39. The fourth-order valence-electron chi connectivity index (χ4n) is 7.86. The van der Waals surface area contributed by atoms with Crippen molar-refractivity contribution in [1.29, 1.82) is 0 Å². The first-order chi connectivity index (χ1) is 23.2. The second kappa shape index (κ2) is 14.9. The number of hydrogen-bond donors (Lipinski definition) is 2. The topological polar surface area (TPSA) is 138 Å². The van der Waals surface area contributed by atoms with Gasteiger partial charge in [0.15, 0.2) is 0 Å². The first kappa shape index (κ1) is 34.3. The normalized spacial score (nSPS) is 32.8. The van der Waals surface area contributed by atoms with E-state index in [0.29, 0.717) is 44.7 Å². The smallest absolute Gasteiger partial charge is 0.313 e. The molecule has 1 aromatic carbocycles. The summed E-state index contributed by atoms with van der Waals surface area (Å²) in [4.78, 5) is 62.0. The summed E-state index contributed by atoms with van der Waals surface area (Å²) < 4.78 is 18.2. The number of carbonyl (C=O) groups is 4. The van der Waals surface area contributed by atoms with Crippen LogP contribution < -0.4 is 5.32 Å². The zero-order chi connectivity index (χ0) is 33.8. The molecule has 3 amide bonds. The average Bonchev–Trinajstić information content (AvgIpc) is 3.74. The predicted molar refractivity (Wildman–Crippen MR) is 175 cm³/mol. The maximum atomic E-state index is 14.9. The molecule has 5 aliphatic heterocycles. The number of ether oxygens (including phenoxy) is 3. The highest BCUT2D eigenvalue weighted by Gasteiger charge is 2.74. The fourth-order valence-corrected chi connectivity index (χ4v) is 7.86. The van der Waals surface area contributed by atoms with Crippen LogP contribution in [0.3, 0.4) is 0 Å². The summed E-state index contributed by atoms with van der Waals surface area (Å²) in [6.45, 7) is 7.81. The third-order valence-corrected chi connectivity index (χ3v) is 10.2. The predicted octanol–water partition coefficient (Wildman–Crippen LogP) is 1.46. The molecule has 3 saturated heterocycles. The molecule has 5 heterocycles. The minimum atomic E-state index is -1.39. The molecule has 7 atom stereocenters. The second-order valence-corrected chi connectivity index (χ2v) is 13.8. The number of rotatable bonds is 8. The van der Waals surface area contributed by atoms with Gasteiger partial charge in [-0.05, 0) is 24.3 Å². The number of allylic oxidation sites excluding steroid dienone is 1. The van der Waals surface area contributed by atoms with Crippen molar-refractivity contribution in [1.82, 2.24) is 20.0 Å². The van der Waals surface area contributed by atoms with E-state index in [1.165, 1.54) is 4.90 Å². The largest absolute Gasteiger partial charge is 0.455 e. The van der Waals surface area contributed by atoms with Crippen LogP contribution in [0.25, 0.3) is 0 Å². The number of morpholine rings is 1. The quantitative estimate of drug-likeness (QED) is 0.313. The van der Waals surface area contributed by atoms with Crippen molar-refractivity contribution in [2.24, 2.45) is 17.8 Å². The van der Waals surface area contributed by atoms with E-state index < -0.39 is 53.6 Å². The number of amides is 3. The van der Waals surface area contributed by atoms with Crippen LogP contribution in [0.1, 0.15) is 44.8 Å². The molecule has 6 rings (SSSR count). The zero-order valence-corrected chi connectivity index (χ0v) is 27.9. The summed E-state index contributed by atoms with van der Waals surface area (Å²) in [5.41, 5.74) is -0.683. The Hall–Kier alpha value is -3.58. The van der Waals surface area contributed by atoms with Gasteiger partial charge in [-0.25, -0.2) is 0 Å². The minimum Gasteiger partial charge on any atom is -0.455 e. The molecule has 0 aliphatic carbocycles. The Balaban J connectivity index is 1.39. The summed E-state index contributed by atoms with van der Waals surface area (Å²) in [5, 5.41) is 13.5. The number of likely N-dealkylation sites (tertiary alicyclic amines) is 1. The Kier molecular flexibility index (Phi) is 10.6. The van der Waals surface area contributed by atoms with Crippen LogP contribution in [-0.4, -0.2) is 126 Å². The minimum absolute atomic E-state index is 0.0691. The molecule has 0 aromatic heterocycles. The van der Waals surface area contributed by atoms with Gasteiger partial charge in [-0.2, -0.15) is 0 Å². The number of nitrogens with zero attached hydrogens (tertiary/aromatic N) is 3. The molecule has 12 nitrogen and oxygen atoms in total. The highest BCUT2D eigenvalue weighted by molar-refractivity contribution is 5.99. The molecule has 1 spiro atoms. The summed E-state index contributed by atoms with van der Waals surface area (Å²) in [7, 11) is 0. The molecule has 260 valence electrons. The van der Waals surface area contributed by atoms with Crippen LogP contribution in [0, 0.1) is 17.8 Å². The Morgan fingerprint density at radius 2 is 1.79 bits per heavy atom. The Morgan fingerprint density at radius 3 is 2.52 bits per heavy atom. The number of cyclic esters (lactones) is 1. The number of fused-ring (bicyclic) bond motifs is 2. The van der Waals surface area contributed by atoms with Crippen molar-refractivity contribution in [3.05, 3.63) is 60.2 Å². The van der Waals surface area contributed by atoms with Crippen LogP contribution in [0.4, 0.5) is 0 Å². The highest BCUT2D eigenvalue weighted by atomic mass is 16.6. The number of hydrogen-bond acceptors (Lipinski definition) is 9. The fraction of sp³-hybridized carbons (Fsp3) is 0.611. The maximum absolute atomic E-state index is 14.9. The molecular formula is C36H48N4O8. The maximum Gasteiger partial charge on any atom is 0.313 e. The first-order valence-corrected chi connectivity index (χ1v) is 17.3. The molecule has 5 bridgehead atoms. The van der Waals surface area contributed by atoms with Gasteiger partial charge in [-0.15, -0.1) is 0 Å². The van der Waals surface area contributed by atoms with Gasteiger partial charge < -0.3 is 34.4 Å². The third-order valence-electron chi connectivity index (χ3n) is 10.2. The van der Waals surface area contributed by atoms with Crippen LogP contribution in [0.15, 0.2) is 54.6 Å². The summed E-state index contributed by atoms with van der Waals surface area (Å²) in [6.07, 6.45) is 6.96. The van der Waals surface area contributed by atoms with Gasteiger partial charge in [0.1, 0.15) is 23.7 Å². The number of nitrogens with one attached hydrogen (secondary N) is 1. The molecule has 2 N–H and O–H groups in total. The SMILES string of the molecule is CC(C)C[C@H](CO)N1C(=O)[C@H]2[C@@H]3C(=O)O[C@H](c4ccccc4)CNC(=O)CC/C=C\CN(CCN4CCOCC4)C(=O)[C@H]1[C@@]21C=C[C@@H]3O1. The molecule has 0 saturated carbocycles. The standard InChI is InChI=1S/C36H48N4O8/c1-24(2)21-26(23-41)40-32-34(44)39(16-15-38-17-19-46-20-18-38)14-8-4-7-11-29(42)37-22-28(25-9-5-3-6-10-25)47-35(45)30-27-12-13-36(32,48-27)31(30)33(40)43/h3-6,8-10,12-13,24,26-28,30-32,41H,7,11,14-23H2,1-2H3,(H,37,42)/b8-4-/t26-,27+,28+,30-,31-,32+,36-/m1/s1. The molecule has 0 radical (unpaired) electrons. The molecule has 12 heteroatoms. The molecular weight excluding hydrogens is 616 g/mol. The first-order valence-electron chi connectivity index (χ1n) is 17.3. The number of benzene rings is 1. The summed E-state index contributed by atoms with van der Waals surface area (Å²) >= 11 is 0. The molecule has 48 heavy (non-hydrogen) atoms. The monoisotopic (exact) mass is 664 g/mol. The van der Waals surface area contributed by atoms with Crippen molar-refractivity contribution < 1.29 is 38.5 Å². The van der Waals surface area contributed by atoms with Gasteiger partial charge in [0.05, 0.1) is 44.4 Å². The van der Waals surface area contributed by atoms with Crippen molar-refractivity contribution in [2.45, 2.75) is 63.0 Å². The Bertz CT molecular complexity index is 1400. The van der Waals surface area contributed by atoms with Crippen molar-refractivity contribution in [3.63, 3.8) is 0 Å². The van der Waals surface area contributed by atoms with Crippen LogP contribution >= 0.6 is 0 Å². The Labute approximate surface area is 282 Å². The van der Waals surface area contributed by atoms with E-state index >= 15 is 0 Å². The van der Waals surface area contributed by atoms with Crippen molar-refractivity contribution in [2.75, 3.05) is 59.1 Å². The number of aliphatic hydroxyl groups is 1. The number of carbonyl (C=O) groups excluding carboxylic acids is 4. The van der Waals surface area contributed by atoms with Crippen LogP contribution in [0.5, 0.6) is 0 Å². The zero-order valence-electron chi connectivity index (χ0n) is 27.9. The average molecular weight is 665 g/mol. The van der Waals surface area contributed by atoms with E-state index in [-0.39, 0.29) is 43.8 Å². The molecule has 3 fully saturated rings. The van der Waals surface area contributed by atoms with E-state index in [0.717, 1.165) is 13.1 Å². The van der Waals surface area contributed by atoms with E-state index in [1.54, 1.807) is 17.1 Å². The lowest BCUT2D eigenvalue weighted by molar-refractivity contribution is -0.160. The van der Waals surface area contributed by atoms with E-state index in [1.807, 2.05) is 56.3 Å². The van der Waals surface area contributed by atoms with E-state index in [2.05, 4.69) is 10.2 Å². The summed E-state index contributed by atoms with van der Waals surface area (Å²) in [5.74, 6) is -3.37. The molecule has 5 aliphatic rings. The lowest BCUT2D eigenvalue weighted by atomic mass is 9.74. The third kappa shape index (κ3) is 6.80. The van der Waals surface area contributed by atoms with Gasteiger partial charge in [-0.1, -0.05) is 68.5 Å². The van der Waals surface area contributed by atoms with Crippen LogP contribution in [0.2, 0.25) is 0 Å². The Morgan fingerprint density at radius 1 is 1.02 bits per heavy atom. The second-order valence-electron chi connectivity index (χ2n) is 13.8.